The highest BCUT2D eigenvalue weighted by Crippen LogP contribution is 2.20. The zero-order valence-electron chi connectivity index (χ0n) is 17.6. The van der Waals surface area contributed by atoms with E-state index in [1.165, 1.54) is 41.3 Å². The van der Waals surface area contributed by atoms with Gasteiger partial charge in [-0.25, -0.2) is 4.68 Å². The first kappa shape index (κ1) is 21.4. The fourth-order valence-electron chi connectivity index (χ4n) is 3.21. The summed E-state index contributed by atoms with van der Waals surface area (Å²) in [4.78, 5) is 35.9. The molecule has 1 heterocycles. The Hall–Kier alpha value is -4.79. The van der Waals surface area contributed by atoms with Crippen molar-refractivity contribution in [1.29, 1.82) is 0 Å². The molecule has 0 aliphatic rings. The van der Waals surface area contributed by atoms with Crippen LogP contribution in [0.2, 0.25) is 0 Å². The van der Waals surface area contributed by atoms with Gasteiger partial charge in [-0.05, 0) is 48.9 Å². The van der Waals surface area contributed by atoms with Crippen LogP contribution in [0.15, 0.2) is 85.2 Å². The number of aryl methyl sites for hydroxylation is 1. The minimum atomic E-state index is -0.488. The molecule has 4 rings (SSSR count). The smallest absolute Gasteiger partial charge is 0.269 e. The lowest BCUT2D eigenvalue weighted by molar-refractivity contribution is -0.384. The van der Waals surface area contributed by atoms with E-state index >= 15 is 0 Å². The normalized spacial score (nSPS) is 10.5. The quantitative estimate of drug-likeness (QED) is 0.335. The molecule has 2 N–H and O–H groups in total. The predicted octanol–water partition coefficient (Wildman–Crippen LogP) is 4.59. The number of anilines is 2. The minimum absolute atomic E-state index is 0.0376. The summed E-state index contributed by atoms with van der Waals surface area (Å²) >= 11 is 0. The van der Waals surface area contributed by atoms with Crippen molar-refractivity contribution in [3.05, 3.63) is 112 Å². The average molecular weight is 441 g/mol. The molecule has 0 aliphatic heterocycles. The summed E-state index contributed by atoms with van der Waals surface area (Å²) < 4.78 is 1.44. The SMILES string of the molecule is Cc1cccc(NC(=O)c2ccccc2NC(=O)c2cnn(-c3ccc([N+](=O)[O-])cc3)c2)c1. The Kier molecular flexibility index (Phi) is 5.94. The van der Waals surface area contributed by atoms with E-state index in [1.54, 1.807) is 30.3 Å². The van der Waals surface area contributed by atoms with Gasteiger partial charge in [-0.3, -0.25) is 19.7 Å². The first-order valence-electron chi connectivity index (χ1n) is 9.98. The summed E-state index contributed by atoms with van der Waals surface area (Å²) in [6.07, 6.45) is 2.89. The molecule has 9 nitrogen and oxygen atoms in total. The van der Waals surface area contributed by atoms with Gasteiger partial charge in [0.05, 0.1) is 33.6 Å². The van der Waals surface area contributed by atoms with E-state index < -0.39 is 10.8 Å². The zero-order chi connectivity index (χ0) is 23.4. The fourth-order valence-corrected chi connectivity index (χ4v) is 3.21. The molecule has 0 spiro atoms. The molecule has 0 bridgehead atoms. The highest BCUT2D eigenvalue weighted by Gasteiger charge is 2.16. The molecule has 0 atom stereocenters. The van der Waals surface area contributed by atoms with Crippen molar-refractivity contribution < 1.29 is 14.5 Å². The third kappa shape index (κ3) is 4.93. The second-order valence-electron chi connectivity index (χ2n) is 7.27. The Labute approximate surface area is 188 Å². The first-order chi connectivity index (χ1) is 15.9. The van der Waals surface area contributed by atoms with E-state index in [-0.39, 0.29) is 17.2 Å². The number of non-ortho nitro benzene ring substituents is 1. The third-order valence-corrected chi connectivity index (χ3v) is 4.87. The number of rotatable bonds is 6. The van der Waals surface area contributed by atoms with Crippen molar-refractivity contribution in [2.45, 2.75) is 6.92 Å². The Balaban J connectivity index is 1.50. The molecule has 0 aliphatic carbocycles. The Morgan fingerprint density at radius 1 is 0.939 bits per heavy atom. The summed E-state index contributed by atoms with van der Waals surface area (Å²) in [5.41, 5.74) is 3.14. The van der Waals surface area contributed by atoms with Gasteiger partial charge in [0.2, 0.25) is 0 Å². The molecule has 0 radical (unpaired) electrons. The number of amides is 2. The molecule has 3 aromatic carbocycles. The van der Waals surface area contributed by atoms with Gasteiger partial charge < -0.3 is 10.6 Å². The van der Waals surface area contributed by atoms with Crippen molar-refractivity contribution in [3.8, 4) is 5.69 Å². The van der Waals surface area contributed by atoms with E-state index in [9.17, 15) is 19.7 Å². The fraction of sp³-hybridized carbons (Fsp3) is 0.0417. The second kappa shape index (κ2) is 9.15. The van der Waals surface area contributed by atoms with Gasteiger partial charge in [0.15, 0.2) is 0 Å². The van der Waals surface area contributed by atoms with Crippen molar-refractivity contribution in [1.82, 2.24) is 9.78 Å². The molecule has 2 amide bonds. The minimum Gasteiger partial charge on any atom is -0.322 e. The summed E-state index contributed by atoms with van der Waals surface area (Å²) in [5.74, 6) is -0.794. The van der Waals surface area contributed by atoms with Crippen LogP contribution in [0.25, 0.3) is 5.69 Å². The zero-order valence-corrected chi connectivity index (χ0v) is 17.6. The van der Waals surface area contributed by atoms with Crippen molar-refractivity contribution in [2.24, 2.45) is 0 Å². The van der Waals surface area contributed by atoms with E-state index in [4.69, 9.17) is 0 Å². The van der Waals surface area contributed by atoms with Gasteiger partial charge in [-0.2, -0.15) is 5.10 Å². The molecule has 0 saturated carbocycles. The number of hydrogen-bond acceptors (Lipinski definition) is 5. The topological polar surface area (TPSA) is 119 Å². The number of aromatic nitrogens is 2. The highest BCUT2D eigenvalue weighted by atomic mass is 16.6. The lowest BCUT2D eigenvalue weighted by Crippen LogP contribution is -2.18. The van der Waals surface area contributed by atoms with Crippen LogP contribution in [0.5, 0.6) is 0 Å². The van der Waals surface area contributed by atoms with Crippen LogP contribution in [0.4, 0.5) is 17.1 Å². The van der Waals surface area contributed by atoms with Crippen LogP contribution in [0.3, 0.4) is 0 Å². The number of nitro benzene ring substituents is 1. The lowest BCUT2D eigenvalue weighted by Gasteiger charge is -2.11. The summed E-state index contributed by atoms with van der Waals surface area (Å²) in [6, 6.07) is 19.9. The number of hydrogen-bond donors (Lipinski definition) is 2. The van der Waals surface area contributed by atoms with Crippen LogP contribution in [-0.4, -0.2) is 26.5 Å². The monoisotopic (exact) mass is 441 g/mol. The molecular weight excluding hydrogens is 422 g/mol. The Morgan fingerprint density at radius 2 is 1.70 bits per heavy atom. The number of nitrogens with zero attached hydrogens (tertiary/aromatic N) is 3. The van der Waals surface area contributed by atoms with Crippen molar-refractivity contribution >= 4 is 28.9 Å². The third-order valence-electron chi connectivity index (χ3n) is 4.87. The summed E-state index contributed by atoms with van der Waals surface area (Å²) in [5, 5.41) is 20.5. The molecule has 1 aromatic heterocycles. The molecule has 0 unspecified atom stereocenters. The standard InChI is InChI=1S/C24H19N5O4/c1-16-5-4-6-18(13-16)26-24(31)21-7-2-3-8-22(21)27-23(30)17-14-25-28(15-17)19-9-11-20(12-10-19)29(32)33/h2-15H,1H3,(H,26,31)(H,27,30). The van der Waals surface area contributed by atoms with Gasteiger partial charge >= 0.3 is 0 Å². The number of carbonyl (C=O) groups excluding carboxylic acids is 2. The van der Waals surface area contributed by atoms with E-state index in [1.807, 2.05) is 25.1 Å². The molecule has 164 valence electrons. The van der Waals surface area contributed by atoms with E-state index in [0.29, 0.717) is 22.6 Å². The lowest BCUT2D eigenvalue weighted by atomic mass is 10.1. The van der Waals surface area contributed by atoms with Gasteiger partial charge in [0, 0.05) is 24.0 Å². The number of carbonyl (C=O) groups is 2. The number of nitro groups is 1. The average Bonchev–Trinajstić information content (AvgIpc) is 3.30. The molecular formula is C24H19N5O4. The van der Waals surface area contributed by atoms with Gasteiger partial charge in [0.1, 0.15) is 0 Å². The Bertz CT molecular complexity index is 1340. The van der Waals surface area contributed by atoms with Gasteiger partial charge in [0.25, 0.3) is 17.5 Å². The number of benzene rings is 3. The first-order valence-corrected chi connectivity index (χ1v) is 9.98. The predicted molar refractivity (Wildman–Crippen MR) is 124 cm³/mol. The van der Waals surface area contributed by atoms with Crippen LogP contribution in [0, 0.1) is 17.0 Å². The maximum atomic E-state index is 12.8. The largest absolute Gasteiger partial charge is 0.322 e. The summed E-state index contributed by atoms with van der Waals surface area (Å²) in [6.45, 7) is 1.93. The molecule has 33 heavy (non-hydrogen) atoms. The van der Waals surface area contributed by atoms with Gasteiger partial charge in [-0.1, -0.05) is 24.3 Å². The van der Waals surface area contributed by atoms with E-state index in [2.05, 4.69) is 15.7 Å². The van der Waals surface area contributed by atoms with E-state index in [0.717, 1.165) is 5.56 Å². The maximum absolute atomic E-state index is 12.8. The highest BCUT2D eigenvalue weighted by molar-refractivity contribution is 6.12. The Morgan fingerprint density at radius 3 is 2.42 bits per heavy atom. The molecule has 9 heteroatoms. The number of para-hydroxylation sites is 1. The second-order valence-corrected chi connectivity index (χ2v) is 7.27. The van der Waals surface area contributed by atoms with Crippen molar-refractivity contribution in [3.63, 3.8) is 0 Å². The van der Waals surface area contributed by atoms with Crippen LogP contribution in [0.1, 0.15) is 26.3 Å². The van der Waals surface area contributed by atoms with Crippen LogP contribution >= 0.6 is 0 Å². The summed E-state index contributed by atoms with van der Waals surface area (Å²) in [7, 11) is 0. The molecule has 0 saturated heterocycles. The van der Waals surface area contributed by atoms with Crippen molar-refractivity contribution in [2.75, 3.05) is 10.6 Å². The number of nitrogens with one attached hydrogen (secondary N) is 2. The van der Waals surface area contributed by atoms with Gasteiger partial charge in [-0.15, -0.1) is 0 Å². The molecule has 0 fully saturated rings. The molecule has 4 aromatic rings. The maximum Gasteiger partial charge on any atom is 0.269 e. The van der Waals surface area contributed by atoms with Crippen LogP contribution < -0.4 is 10.6 Å². The van der Waals surface area contributed by atoms with Crippen LogP contribution in [-0.2, 0) is 0 Å².